The fraction of sp³-hybridized carbons (Fsp3) is 0.0714. The van der Waals surface area contributed by atoms with Crippen LogP contribution in [-0.2, 0) is 4.79 Å². The highest BCUT2D eigenvalue weighted by Gasteiger charge is 2.22. The summed E-state index contributed by atoms with van der Waals surface area (Å²) in [6, 6.07) is 9.81. The monoisotopic (exact) mass is 312 g/mol. The lowest BCUT2D eigenvalue weighted by atomic mass is 10.1. The minimum absolute atomic E-state index is 0.113. The van der Waals surface area contributed by atoms with Crippen LogP contribution in [-0.4, -0.2) is 5.91 Å². The number of halogens is 3. The summed E-state index contributed by atoms with van der Waals surface area (Å²) in [4.78, 5) is 11.6. The van der Waals surface area contributed by atoms with Gasteiger partial charge in [0.25, 0.3) is 0 Å². The van der Waals surface area contributed by atoms with Crippen molar-refractivity contribution in [1.29, 1.82) is 0 Å². The number of amides is 1. The predicted octanol–water partition coefficient (Wildman–Crippen LogP) is 3.77. The van der Waals surface area contributed by atoms with E-state index in [4.69, 9.17) is 28.9 Å². The third-order valence-corrected chi connectivity index (χ3v) is 3.30. The number of nitrogens with two attached hydrogens (primary N) is 1. The SMILES string of the molecule is NC(=O)C(Nc1ccccc1Cl)c1ccc(Cl)cc1F. The Morgan fingerprint density at radius 3 is 2.50 bits per heavy atom. The van der Waals surface area contributed by atoms with Crippen LogP contribution in [0.4, 0.5) is 10.1 Å². The number of anilines is 1. The molecule has 0 saturated carbocycles. The highest BCUT2D eigenvalue weighted by atomic mass is 35.5. The number of nitrogens with one attached hydrogen (secondary N) is 1. The van der Waals surface area contributed by atoms with E-state index in [1.54, 1.807) is 24.3 Å². The van der Waals surface area contributed by atoms with Gasteiger partial charge in [-0.1, -0.05) is 41.4 Å². The van der Waals surface area contributed by atoms with E-state index in [2.05, 4.69) is 5.32 Å². The van der Waals surface area contributed by atoms with Crippen molar-refractivity contribution in [1.82, 2.24) is 0 Å². The first-order valence-corrected chi connectivity index (χ1v) is 6.50. The molecule has 1 unspecified atom stereocenters. The normalized spacial score (nSPS) is 11.9. The predicted molar refractivity (Wildman–Crippen MR) is 78.4 cm³/mol. The largest absolute Gasteiger partial charge is 0.369 e. The Hall–Kier alpha value is -1.78. The van der Waals surface area contributed by atoms with Gasteiger partial charge in [0, 0.05) is 10.6 Å². The Balaban J connectivity index is 2.37. The van der Waals surface area contributed by atoms with Gasteiger partial charge in [-0.3, -0.25) is 4.79 Å². The van der Waals surface area contributed by atoms with Gasteiger partial charge in [-0.25, -0.2) is 4.39 Å². The quantitative estimate of drug-likeness (QED) is 0.903. The van der Waals surface area contributed by atoms with E-state index in [0.29, 0.717) is 10.7 Å². The summed E-state index contributed by atoms with van der Waals surface area (Å²) in [6.45, 7) is 0. The number of primary amides is 1. The zero-order chi connectivity index (χ0) is 14.7. The number of benzene rings is 2. The molecule has 0 heterocycles. The molecular weight excluding hydrogens is 302 g/mol. The molecule has 0 saturated heterocycles. The Morgan fingerprint density at radius 1 is 1.20 bits per heavy atom. The number of carbonyl (C=O) groups is 1. The summed E-state index contributed by atoms with van der Waals surface area (Å²) < 4.78 is 13.9. The fourth-order valence-corrected chi connectivity index (χ4v) is 2.12. The Kier molecular flexibility index (Phi) is 4.47. The van der Waals surface area contributed by atoms with Gasteiger partial charge in [-0.05, 0) is 24.3 Å². The minimum atomic E-state index is -1.04. The summed E-state index contributed by atoms with van der Waals surface area (Å²) >= 11 is 11.7. The number of rotatable bonds is 4. The molecule has 0 aliphatic carbocycles. The molecule has 20 heavy (non-hydrogen) atoms. The number of carbonyl (C=O) groups excluding carboxylic acids is 1. The molecule has 104 valence electrons. The molecule has 0 aromatic heterocycles. The second-order valence-corrected chi connectivity index (χ2v) is 4.97. The van der Waals surface area contributed by atoms with Crippen LogP contribution in [0.5, 0.6) is 0 Å². The van der Waals surface area contributed by atoms with Crippen LogP contribution < -0.4 is 11.1 Å². The summed E-state index contributed by atoms with van der Waals surface area (Å²) in [5.74, 6) is -1.33. The van der Waals surface area contributed by atoms with Crippen molar-refractivity contribution >= 4 is 34.8 Å². The van der Waals surface area contributed by atoms with Crippen LogP contribution >= 0.6 is 23.2 Å². The Labute approximate surface area is 125 Å². The third kappa shape index (κ3) is 3.21. The lowest BCUT2D eigenvalue weighted by Crippen LogP contribution is -2.28. The standard InChI is InChI=1S/C14H11Cl2FN2O/c15-8-5-6-9(11(17)7-8)13(14(18)20)19-12-4-2-1-3-10(12)16/h1-7,13,19H,(H2,18,20). The zero-order valence-electron chi connectivity index (χ0n) is 10.2. The first-order valence-electron chi connectivity index (χ1n) is 5.74. The van der Waals surface area contributed by atoms with Crippen LogP contribution in [0.15, 0.2) is 42.5 Å². The maximum atomic E-state index is 13.9. The molecule has 3 N–H and O–H groups in total. The average Bonchev–Trinajstić information content (AvgIpc) is 2.38. The first-order chi connectivity index (χ1) is 9.49. The van der Waals surface area contributed by atoms with Crippen molar-refractivity contribution in [2.75, 3.05) is 5.32 Å². The van der Waals surface area contributed by atoms with Crippen LogP contribution in [0.1, 0.15) is 11.6 Å². The molecule has 1 atom stereocenters. The second-order valence-electron chi connectivity index (χ2n) is 4.13. The van der Waals surface area contributed by atoms with E-state index in [0.717, 1.165) is 6.07 Å². The van der Waals surface area contributed by atoms with Gasteiger partial charge in [-0.15, -0.1) is 0 Å². The molecule has 0 aliphatic heterocycles. The summed E-state index contributed by atoms with van der Waals surface area (Å²) in [6.07, 6.45) is 0. The smallest absolute Gasteiger partial charge is 0.244 e. The maximum absolute atomic E-state index is 13.9. The van der Waals surface area contributed by atoms with Crippen LogP contribution in [0.2, 0.25) is 10.0 Å². The van der Waals surface area contributed by atoms with Crippen molar-refractivity contribution in [2.24, 2.45) is 5.73 Å². The average molecular weight is 313 g/mol. The molecule has 0 fully saturated rings. The summed E-state index contributed by atoms with van der Waals surface area (Å²) in [5, 5.41) is 3.49. The van der Waals surface area contributed by atoms with Crippen molar-refractivity contribution < 1.29 is 9.18 Å². The third-order valence-electron chi connectivity index (χ3n) is 2.73. The molecule has 0 spiro atoms. The lowest BCUT2D eigenvalue weighted by molar-refractivity contribution is -0.118. The maximum Gasteiger partial charge on any atom is 0.244 e. The van der Waals surface area contributed by atoms with Crippen molar-refractivity contribution in [3.8, 4) is 0 Å². The molecule has 0 radical (unpaired) electrons. The van der Waals surface area contributed by atoms with Crippen LogP contribution in [0.25, 0.3) is 0 Å². The van der Waals surface area contributed by atoms with Gasteiger partial charge in [0.2, 0.25) is 5.91 Å². The number of hydrogen-bond acceptors (Lipinski definition) is 2. The van der Waals surface area contributed by atoms with Gasteiger partial charge in [-0.2, -0.15) is 0 Å². The number of hydrogen-bond donors (Lipinski definition) is 2. The molecular formula is C14H11Cl2FN2O. The van der Waals surface area contributed by atoms with Gasteiger partial charge in [0.15, 0.2) is 0 Å². The summed E-state index contributed by atoms with van der Waals surface area (Å²) in [5.41, 5.74) is 5.94. The molecule has 0 bridgehead atoms. The van der Waals surface area contributed by atoms with Crippen molar-refractivity contribution in [3.05, 3.63) is 63.9 Å². The fourth-order valence-electron chi connectivity index (χ4n) is 1.77. The van der Waals surface area contributed by atoms with E-state index in [1.807, 2.05) is 0 Å². The van der Waals surface area contributed by atoms with E-state index in [1.165, 1.54) is 12.1 Å². The van der Waals surface area contributed by atoms with E-state index in [9.17, 15) is 9.18 Å². The molecule has 2 rings (SSSR count). The number of para-hydroxylation sites is 1. The van der Waals surface area contributed by atoms with Gasteiger partial charge >= 0.3 is 0 Å². The van der Waals surface area contributed by atoms with Crippen molar-refractivity contribution in [3.63, 3.8) is 0 Å². The highest BCUT2D eigenvalue weighted by Crippen LogP contribution is 2.28. The van der Waals surface area contributed by atoms with Crippen LogP contribution in [0.3, 0.4) is 0 Å². The Morgan fingerprint density at radius 2 is 1.90 bits per heavy atom. The molecule has 1 amide bonds. The molecule has 2 aromatic rings. The van der Waals surface area contributed by atoms with E-state index < -0.39 is 17.8 Å². The first kappa shape index (κ1) is 14.6. The molecule has 6 heteroatoms. The van der Waals surface area contributed by atoms with Gasteiger partial charge in [0.1, 0.15) is 11.9 Å². The van der Waals surface area contributed by atoms with E-state index >= 15 is 0 Å². The van der Waals surface area contributed by atoms with Gasteiger partial charge in [0.05, 0.1) is 10.7 Å². The summed E-state index contributed by atoms with van der Waals surface area (Å²) in [7, 11) is 0. The minimum Gasteiger partial charge on any atom is -0.369 e. The van der Waals surface area contributed by atoms with E-state index in [-0.39, 0.29) is 10.6 Å². The second kappa shape index (κ2) is 6.11. The van der Waals surface area contributed by atoms with Crippen molar-refractivity contribution in [2.45, 2.75) is 6.04 Å². The topological polar surface area (TPSA) is 55.1 Å². The Bertz CT molecular complexity index is 649. The molecule has 3 nitrogen and oxygen atoms in total. The molecule has 0 aliphatic rings. The zero-order valence-corrected chi connectivity index (χ0v) is 11.8. The highest BCUT2D eigenvalue weighted by molar-refractivity contribution is 6.33. The molecule has 2 aromatic carbocycles. The van der Waals surface area contributed by atoms with Gasteiger partial charge < -0.3 is 11.1 Å². The lowest BCUT2D eigenvalue weighted by Gasteiger charge is -2.18. The van der Waals surface area contributed by atoms with Crippen LogP contribution in [0, 0.1) is 5.82 Å².